The van der Waals surface area contributed by atoms with Crippen LogP contribution in [0, 0.1) is 0 Å². The molecule has 3 heterocycles. The summed E-state index contributed by atoms with van der Waals surface area (Å²) in [6.07, 6.45) is 0. The number of nitrogens with one attached hydrogen (secondary N) is 1. The van der Waals surface area contributed by atoms with Gasteiger partial charge in [-0.2, -0.15) is 9.61 Å². The van der Waals surface area contributed by atoms with Crippen molar-refractivity contribution >= 4 is 27.5 Å². The molecule has 0 aromatic carbocycles. The van der Waals surface area contributed by atoms with Gasteiger partial charge in [0.25, 0.3) is 11.5 Å². The highest BCUT2D eigenvalue weighted by Crippen LogP contribution is 2.21. The molecule has 1 aliphatic rings. The van der Waals surface area contributed by atoms with Gasteiger partial charge >= 0.3 is 0 Å². The zero-order valence-corrected chi connectivity index (χ0v) is 11.5. The number of aromatic nitrogens is 3. The molecule has 0 fully saturated rings. The first-order chi connectivity index (χ1) is 8.49. The Morgan fingerprint density at radius 2 is 2.17 bits per heavy atom. The third-order valence-corrected chi connectivity index (χ3v) is 3.50. The molecule has 0 saturated carbocycles. The van der Waals surface area contributed by atoms with E-state index in [0.29, 0.717) is 28.1 Å². The Kier molecular flexibility index (Phi) is 2.34. The summed E-state index contributed by atoms with van der Waals surface area (Å²) in [6.45, 7) is 4.19. The number of hydrogen-bond acceptors (Lipinski definition) is 3. The van der Waals surface area contributed by atoms with Gasteiger partial charge < -0.3 is 9.88 Å². The Morgan fingerprint density at radius 1 is 1.44 bits per heavy atom. The van der Waals surface area contributed by atoms with Crippen LogP contribution in [0.2, 0.25) is 0 Å². The quantitative estimate of drug-likeness (QED) is 0.859. The number of H-pyrrole nitrogens is 1. The molecule has 1 amide bonds. The lowest BCUT2D eigenvalue weighted by Crippen LogP contribution is -2.31. The average molecular weight is 311 g/mol. The zero-order chi connectivity index (χ0) is 13.0. The van der Waals surface area contributed by atoms with E-state index in [-0.39, 0.29) is 17.5 Å². The Hall–Kier alpha value is -1.63. The number of amides is 1. The average Bonchev–Trinajstić information content (AvgIpc) is 2.81. The molecular formula is C11H11BrN4O2. The predicted octanol–water partition coefficient (Wildman–Crippen LogP) is 1.15. The summed E-state index contributed by atoms with van der Waals surface area (Å²) in [5.74, 6) is -0.128. The van der Waals surface area contributed by atoms with Gasteiger partial charge in [-0.15, -0.1) is 0 Å². The number of carbonyl (C=O) groups is 1. The van der Waals surface area contributed by atoms with Gasteiger partial charge in [-0.3, -0.25) is 9.59 Å². The van der Waals surface area contributed by atoms with Crippen LogP contribution in [0.3, 0.4) is 0 Å². The van der Waals surface area contributed by atoms with E-state index in [9.17, 15) is 9.59 Å². The van der Waals surface area contributed by atoms with Crippen molar-refractivity contribution in [2.45, 2.75) is 26.4 Å². The van der Waals surface area contributed by atoms with E-state index >= 15 is 0 Å². The molecule has 2 aromatic rings. The highest BCUT2D eigenvalue weighted by atomic mass is 79.9. The third-order valence-electron chi connectivity index (χ3n) is 3.11. The van der Waals surface area contributed by atoms with Gasteiger partial charge in [0.2, 0.25) is 0 Å². The van der Waals surface area contributed by atoms with Crippen molar-refractivity contribution in [2.75, 3.05) is 0 Å². The molecule has 1 aliphatic heterocycles. The van der Waals surface area contributed by atoms with Crippen molar-refractivity contribution in [1.29, 1.82) is 0 Å². The van der Waals surface area contributed by atoms with E-state index in [4.69, 9.17) is 0 Å². The molecule has 94 valence electrons. The van der Waals surface area contributed by atoms with Crippen LogP contribution in [-0.4, -0.2) is 31.4 Å². The van der Waals surface area contributed by atoms with Gasteiger partial charge in [-0.25, -0.2) is 0 Å². The maximum Gasteiger partial charge on any atom is 0.280 e. The van der Waals surface area contributed by atoms with Gasteiger partial charge in [-0.1, -0.05) is 0 Å². The standard InChI is InChI=1S/C11H11BrN4O2/c1-5(2)15-4-6-9(11(15)18)13-8-3-7(12)14-16(8)10(6)17/h3,5,13H,4H2,1-2H3. The van der Waals surface area contributed by atoms with Gasteiger partial charge in [-0.05, 0) is 29.8 Å². The fraction of sp³-hybridized carbons (Fsp3) is 0.364. The summed E-state index contributed by atoms with van der Waals surface area (Å²) in [6, 6.07) is 1.74. The topological polar surface area (TPSA) is 70.5 Å². The van der Waals surface area contributed by atoms with Crippen molar-refractivity contribution < 1.29 is 4.79 Å². The lowest BCUT2D eigenvalue weighted by molar-refractivity contribution is 0.0726. The Morgan fingerprint density at radius 3 is 2.83 bits per heavy atom. The predicted molar refractivity (Wildman–Crippen MR) is 68.5 cm³/mol. The van der Waals surface area contributed by atoms with Crippen LogP contribution in [0.5, 0.6) is 0 Å². The largest absolute Gasteiger partial charge is 0.335 e. The SMILES string of the molecule is CC(C)N1Cc2c([nH]c3cc(Br)nn3c2=O)C1=O. The van der Waals surface area contributed by atoms with Crippen LogP contribution in [0.25, 0.3) is 5.65 Å². The van der Waals surface area contributed by atoms with Crippen molar-refractivity contribution in [1.82, 2.24) is 19.5 Å². The van der Waals surface area contributed by atoms with E-state index in [1.165, 1.54) is 4.52 Å². The molecule has 0 saturated heterocycles. The van der Waals surface area contributed by atoms with Crippen LogP contribution < -0.4 is 5.56 Å². The van der Waals surface area contributed by atoms with Crippen LogP contribution in [0.4, 0.5) is 0 Å². The second-order valence-corrected chi connectivity index (χ2v) is 5.39. The minimum atomic E-state index is -0.235. The summed E-state index contributed by atoms with van der Waals surface area (Å²) < 4.78 is 1.84. The number of carbonyl (C=O) groups excluding carboxylic acids is 1. The van der Waals surface area contributed by atoms with Crippen LogP contribution >= 0.6 is 15.9 Å². The Bertz CT molecular complexity index is 716. The van der Waals surface area contributed by atoms with Gasteiger partial charge in [0.15, 0.2) is 0 Å². The maximum atomic E-state index is 12.2. The molecule has 3 rings (SSSR count). The Balaban J connectivity index is 2.27. The van der Waals surface area contributed by atoms with Crippen molar-refractivity contribution in [2.24, 2.45) is 0 Å². The van der Waals surface area contributed by atoms with Crippen molar-refractivity contribution in [3.8, 4) is 0 Å². The fourth-order valence-electron chi connectivity index (χ4n) is 2.17. The number of hydrogen-bond donors (Lipinski definition) is 1. The summed E-state index contributed by atoms with van der Waals surface area (Å²) in [5.41, 5.74) is 1.15. The fourth-order valence-corrected chi connectivity index (χ4v) is 2.54. The van der Waals surface area contributed by atoms with E-state index in [1.54, 1.807) is 11.0 Å². The number of halogens is 1. The first-order valence-corrected chi connectivity index (χ1v) is 6.39. The Labute approximate surface area is 111 Å². The molecule has 2 aromatic heterocycles. The second kappa shape index (κ2) is 3.68. The van der Waals surface area contributed by atoms with E-state index < -0.39 is 0 Å². The highest BCUT2D eigenvalue weighted by Gasteiger charge is 2.33. The summed E-state index contributed by atoms with van der Waals surface area (Å²) in [5, 5.41) is 4.04. The molecule has 0 spiro atoms. The molecule has 0 atom stereocenters. The molecule has 1 N–H and O–H groups in total. The van der Waals surface area contributed by atoms with Crippen LogP contribution in [0.1, 0.15) is 29.9 Å². The first-order valence-electron chi connectivity index (χ1n) is 5.60. The van der Waals surface area contributed by atoms with E-state index in [2.05, 4.69) is 26.0 Å². The smallest absolute Gasteiger partial charge is 0.280 e. The number of rotatable bonds is 1. The molecule has 0 radical (unpaired) electrons. The third kappa shape index (κ3) is 1.43. The summed E-state index contributed by atoms with van der Waals surface area (Å²) >= 11 is 3.21. The molecule has 6 nitrogen and oxygen atoms in total. The molecular weight excluding hydrogens is 300 g/mol. The van der Waals surface area contributed by atoms with Crippen molar-refractivity contribution in [3.05, 3.63) is 32.3 Å². The van der Waals surface area contributed by atoms with Gasteiger partial charge in [0.1, 0.15) is 15.9 Å². The lowest BCUT2D eigenvalue weighted by atomic mass is 10.3. The number of fused-ring (bicyclic) bond motifs is 2. The summed E-state index contributed by atoms with van der Waals surface area (Å²) in [7, 11) is 0. The normalized spacial score (nSPS) is 14.9. The van der Waals surface area contributed by atoms with Crippen LogP contribution in [-0.2, 0) is 6.54 Å². The monoisotopic (exact) mass is 310 g/mol. The number of aromatic amines is 1. The molecule has 0 bridgehead atoms. The molecule has 7 heteroatoms. The highest BCUT2D eigenvalue weighted by molar-refractivity contribution is 9.10. The molecule has 0 aliphatic carbocycles. The molecule has 0 unspecified atom stereocenters. The van der Waals surface area contributed by atoms with Gasteiger partial charge in [0, 0.05) is 12.1 Å². The van der Waals surface area contributed by atoms with Crippen molar-refractivity contribution in [3.63, 3.8) is 0 Å². The van der Waals surface area contributed by atoms with Crippen LogP contribution in [0.15, 0.2) is 15.5 Å². The first kappa shape index (κ1) is 11.5. The second-order valence-electron chi connectivity index (χ2n) is 4.57. The lowest BCUT2D eigenvalue weighted by Gasteiger charge is -2.19. The minimum Gasteiger partial charge on any atom is -0.335 e. The molecule has 18 heavy (non-hydrogen) atoms. The maximum absolute atomic E-state index is 12.2. The summed E-state index contributed by atoms with van der Waals surface area (Å²) in [4.78, 5) is 29.0. The zero-order valence-electron chi connectivity index (χ0n) is 9.90. The minimum absolute atomic E-state index is 0.0664. The van der Waals surface area contributed by atoms with E-state index in [0.717, 1.165) is 0 Å². The van der Waals surface area contributed by atoms with Gasteiger partial charge in [0.05, 0.1) is 12.1 Å². The number of nitrogens with zero attached hydrogens (tertiary/aromatic N) is 3. The van der Waals surface area contributed by atoms with E-state index in [1.807, 2.05) is 13.8 Å².